The van der Waals surface area contributed by atoms with Crippen molar-refractivity contribution in [3.05, 3.63) is 211 Å². The Bertz CT molecular complexity index is 3370. The molecule has 1 heterocycles. The minimum absolute atomic E-state index is 0.373. The zero-order chi connectivity index (χ0) is 39.3. The summed E-state index contributed by atoms with van der Waals surface area (Å²) in [5.74, 6) is 0. The minimum atomic E-state index is 0.373. The lowest BCUT2D eigenvalue weighted by Crippen LogP contribution is -2.17. The number of nitrogens with zero attached hydrogens (tertiary/aromatic N) is 2. The van der Waals surface area contributed by atoms with Gasteiger partial charge in [0.1, 0.15) is 5.71 Å². The number of hydrazone groups is 1. The van der Waals surface area contributed by atoms with Crippen LogP contribution in [0.1, 0.15) is 24.0 Å². The zero-order valence-electron chi connectivity index (χ0n) is 32.3. The lowest BCUT2D eigenvalue weighted by molar-refractivity contribution is 0.798. The Hall–Kier alpha value is -7.69. The molecule has 2 aliphatic rings. The predicted octanol–water partition coefficient (Wildman–Crippen LogP) is 13.9. The van der Waals surface area contributed by atoms with Crippen LogP contribution in [0.25, 0.3) is 87.3 Å². The molecule has 0 radical (unpaired) electrons. The fourth-order valence-electron chi connectivity index (χ4n) is 8.93. The van der Waals surface area contributed by atoms with Crippen LogP contribution in [0.4, 0.5) is 0 Å². The first-order valence-electron chi connectivity index (χ1n) is 20.2. The van der Waals surface area contributed by atoms with Crippen LogP contribution in [0, 0.1) is 5.41 Å². The number of nitrogens with one attached hydrogen (secondary N) is 2. The Morgan fingerprint density at radius 1 is 0.492 bits per heavy atom. The van der Waals surface area contributed by atoms with E-state index < -0.39 is 0 Å². The van der Waals surface area contributed by atoms with E-state index >= 15 is 0 Å². The van der Waals surface area contributed by atoms with E-state index in [2.05, 4.69) is 174 Å². The van der Waals surface area contributed by atoms with Gasteiger partial charge in [-0.3, -0.25) is 15.8 Å². The number of aromatic nitrogens is 1. The smallest absolute Gasteiger partial charge is 0.109 e. The summed E-state index contributed by atoms with van der Waals surface area (Å²) < 4.78 is 0. The summed E-state index contributed by atoms with van der Waals surface area (Å²) in [7, 11) is 0. The van der Waals surface area contributed by atoms with Crippen molar-refractivity contribution in [2.75, 3.05) is 0 Å². The molecule has 0 fully saturated rings. The third-order valence-corrected chi connectivity index (χ3v) is 11.9. The Morgan fingerprint density at radius 3 is 1.76 bits per heavy atom. The molecule has 11 rings (SSSR count). The molecule has 0 atom stereocenters. The SMILES string of the molecule is N=C1C=CC(c2ccc3c(-c4ccc5ccccc5c4)c4ccccc4c(-c4ccc5ccccc5c4)c3c2)=C/C1=N/NC1=CC=C(c2cncc3ccccc23)CC1. The monoisotopic (exact) mass is 754 g/mol. The average molecular weight is 755 g/mol. The first-order valence-corrected chi connectivity index (χ1v) is 20.2. The average Bonchev–Trinajstić information content (AvgIpc) is 3.30. The van der Waals surface area contributed by atoms with E-state index in [1.54, 1.807) is 0 Å². The summed E-state index contributed by atoms with van der Waals surface area (Å²) in [6, 6.07) is 54.9. The van der Waals surface area contributed by atoms with Gasteiger partial charge in [0.2, 0.25) is 0 Å². The second kappa shape index (κ2) is 14.4. The third-order valence-electron chi connectivity index (χ3n) is 11.9. The highest BCUT2D eigenvalue weighted by molar-refractivity contribution is 6.51. The van der Waals surface area contributed by atoms with E-state index in [0.717, 1.165) is 35.1 Å². The van der Waals surface area contributed by atoms with Crippen LogP contribution in [0.3, 0.4) is 0 Å². The molecule has 0 spiro atoms. The molecule has 0 saturated carbocycles. The van der Waals surface area contributed by atoms with Crippen LogP contribution >= 0.6 is 0 Å². The van der Waals surface area contributed by atoms with Crippen molar-refractivity contribution >= 4 is 76.4 Å². The first kappa shape index (κ1) is 34.5. The van der Waals surface area contributed by atoms with E-state index in [4.69, 9.17) is 10.5 Å². The first-order chi connectivity index (χ1) is 29.1. The summed E-state index contributed by atoms with van der Waals surface area (Å²) in [4.78, 5) is 4.50. The van der Waals surface area contributed by atoms with Gasteiger partial charge < -0.3 is 0 Å². The van der Waals surface area contributed by atoms with Crippen molar-refractivity contribution in [3.8, 4) is 22.3 Å². The molecule has 4 nitrogen and oxygen atoms in total. The molecular formula is C55H38N4. The maximum atomic E-state index is 8.81. The number of hydrogen-bond acceptors (Lipinski definition) is 4. The molecule has 278 valence electrons. The summed E-state index contributed by atoms with van der Waals surface area (Å²) >= 11 is 0. The molecule has 0 aliphatic heterocycles. The molecule has 59 heavy (non-hydrogen) atoms. The normalized spacial score (nSPS) is 14.9. The van der Waals surface area contributed by atoms with Crippen molar-refractivity contribution in [1.82, 2.24) is 10.4 Å². The summed E-state index contributed by atoms with van der Waals surface area (Å²) in [6.07, 6.45) is 15.8. The Balaban J connectivity index is 1.02. The minimum Gasteiger partial charge on any atom is -0.299 e. The number of pyridine rings is 1. The highest BCUT2D eigenvalue weighted by Gasteiger charge is 2.20. The predicted molar refractivity (Wildman–Crippen MR) is 250 cm³/mol. The van der Waals surface area contributed by atoms with Crippen LogP contribution in [-0.2, 0) is 0 Å². The highest BCUT2D eigenvalue weighted by Crippen LogP contribution is 2.45. The van der Waals surface area contributed by atoms with Gasteiger partial charge in [-0.1, -0.05) is 146 Å². The number of rotatable bonds is 6. The van der Waals surface area contributed by atoms with Crippen molar-refractivity contribution in [2.45, 2.75) is 12.8 Å². The molecule has 0 unspecified atom stereocenters. The molecule has 0 saturated heterocycles. The third kappa shape index (κ3) is 6.23. The molecule has 2 aliphatic carbocycles. The fourth-order valence-corrected chi connectivity index (χ4v) is 8.93. The van der Waals surface area contributed by atoms with Gasteiger partial charge in [-0.25, -0.2) is 0 Å². The van der Waals surface area contributed by atoms with Crippen LogP contribution < -0.4 is 5.43 Å². The molecule has 0 amide bonds. The van der Waals surface area contributed by atoms with E-state index in [0.29, 0.717) is 11.4 Å². The molecule has 1 aromatic heterocycles. The topological polar surface area (TPSA) is 61.1 Å². The van der Waals surface area contributed by atoms with Gasteiger partial charge in [0.15, 0.2) is 0 Å². The fraction of sp³-hybridized carbons (Fsp3) is 0.0364. The number of allylic oxidation sites excluding steroid dienone is 8. The van der Waals surface area contributed by atoms with Gasteiger partial charge in [0.25, 0.3) is 0 Å². The van der Waals surface area contributed by atoms with Gasteiger partial charge in [-0.05, 0) is 137 Å². The van der Waals surface area contributed by atoms with Crippen molar-refractivity contribution < 1.29 is 0 Å². The standard InChI is InChI=1S/C55H38N4/c56-52-28-24-41(32-53(52)59-58-45-25-21-37(22-26-45)51-34-57-33-44-13-5-6-14-46(44)51)40-23-27-49-50(31-40)55(43-20-18-36-10-2-4-12-39(36)30-43)48-16-8-7-15-47(48)54(49)42-19-17-35-9-1-3-11-38(35)29-42/h1-21,23-25,27-34,56,58H,22,26H2/b56-52?,59-53-. The maximum absolute atomic E-state index is 8.81. The number of fused-ring (bicyclic) bond motifs is 5. The van der Waals surface area contributed by atoms with Gasteiger partial charge >= 0.3 is 0 Å². The van der Waals surface area contributed by atoms with E-state index in [9.17, 15) is 0 Å². The Morgan fingerprint density at radius 2 is 1.08 bits per heavy atom. The van der Waals surface area contributed by atoms with Crippen molar-refractivity contribution in [2.24, 2.45) is 5.10 Å². The van der Waals surface area contributed by atoms with Crippen LogP contribution in [0.2, 0.25) is 0 Å². The Kier molecular flexibility index (Phi) is 8.41. The van der Waals surface area contributed by atoms with E-state index in [-0.39, 0.29) is 0 Å². The van der Waals surface area contributed by atoms with Crippen molar-refractivity contribution in [1.29, 1.82) is 5.41 Å². The van der Waals surface area contributed by atoms with Gasteiger partial charge in [0, 0.05) is 29.0 Å². The molecule has 4 heteroatoms. The van der Waals surface area contributed by atoms with Crippen LogP contribution in [-0.4, -0.2) is 16.4 Å². The second-order valence-electron chi connectivity index (χ2n) is 15.4. The summed E-state index contributed by atoms with van der Waals surface area (Å²) in [5, 5.41) is 25.7. The molecule has 0 bridgehead atoms. The van der Waals surface area contributed by atoms with Gasteiger partial charge in [0.05, 0.1) is 5.71 Å². The molecule has 8 aromatic carbocycles. The lowest BCUT2D eigenvalue weighted by atomic mass is 9.84. The lowest BCUT2D eigenvalue weighted by Gasteiger charge is -2.20. The number of hydrogen-bond donors (Lipinski definition) is 2. The Labute approximate surface area is 342 Å². The van der Waals surface area contributed by atoms with Gasteiger partial charge in [-0.15, -0.1) is 0 Å². The van der Waals surface area contributed by atoms with Crippen LogP contribution in [0.15, 0.2) is 205 Å². The second-order valence-corrected chi connectivity index (χ2v) is 15.4. The quantitative estimate of drug-likeness (QED) is 0.101. The van der Waals surface area contributed by atoms with Crippen LogP contribution in [0.5, 0.6) is 0 Å². The van der Waals surface area contributed by atoms with Crippen molar-refractivity contribution in [3.63, 3.8) is 0 Å². The van der Waals surface area contributed by atoms with E-state index in [1.807, 2.05) is 30.6 Å². The zero-order valence-corrected chi connectivity index (χ0v) is 32.3. The molecular weight excluding hydrogens is 717 g/mol. The van der Waals surface area contributed by atoms with Gasteiger partial charge in [-0.2, -0.15) is 5.10 Å². The molecule has 2 N–H and O–H groups in total. The number of benzene rings is 8. The maximum Gasteiger partial charge on any atom is 0.109 e. The summed E-state index contributed by atoms with van der Waals surface area (Å²) in [6.45, 7) is 0. The highest BCUT2D eigenvalue weighted by atomic mass is 15.3. The molecule has 9 aromatic rings. The summed E-state index contributed by atoms with van der Waals surface area (Å²) in [5.41, 5.74) is 14.6. The largest absolute Gasteiger partial charge is 0.299 e. The van der Waals surface area contributed by atoms with E-state index in [1.165, 1.54) is 81.9 Å².